The molecular formula is C18H18ClN3OS2. The number of halogens is 1. The van der Waals surface area contributed by atoms with Crippen LogP contribution in [0.3, 0.4) is 0 Å². The molecular weight excluding hydrogens is 374 g/mol. The van der Waals surface area contributed by atoms with Gasteiger partial charge in [-0.1, -0.05) is 36.4 Å². The SMILES string of the molecule is COc1ccc(N=C2SC(C)CN2C(=S)Nc2cccc(Cl)c2)cc1. The van der Waals surface area contributed by atoms with Crippen molar-refractivity contribution in [1.29, 1.82) is 0 Å². The van der Waals surface area contributed by atoms with Gasteiger partial charge in [-0.2, -0.15) is 0 Å². The number of nitrogens with zero attached hydrogens (tertiary/aromatic N) is 2. The molecule has 2 aromatic rings. The molecule has 1 aliphatic rings. The average molecular weight is 392 g/mol. The van der Waals surface area contributed by atoms with Gasteiger partial charge in [-0.3, -0.25) is 4.90 Å². The number of methoxy groups -OCH3 is 1. The minimum Gasteiger partial charge on any atom is -0.497 e. The molecule has 0 amide bonds. The van der Waals surface area contributed by atoms with Crippen LogP contribution in [-0.2, 0) is 0 Å². The zero-order chi connectivity index (χ0) is 17.8. The fourth-order valence-electron chi connectivity index (χ4n) is 2.40. The molecule has 1 fully saturated rings. The Hall–Kier alpha value is -1.76. The lowest BCUT2D eigenvalue weighted by atomic mass is 10.3. The normalized spacial score (nSPS) is 18.4. The predicted molar refractivity (Wildman–Crippen MR) is 112 cm³/mol. The first-order valence-electron chi connectivity index (χ1n) is 7.78. The number of amidine groups is 1. The van der Waals surface area contributed by atoms with Crippen LogP contribution < -0.4 is 10.1 Å². The molecule has 0 aromatic heterocycles. The van der Waals surface area contributed by atoms with E-state index in [0.29, 0.717) is 15.4 Å². The molecule has 0 aliphatic carbocycles. The van der Waals surface area contributed by atoms with Crippen LogP contribution in [0.2, 0.25) is 5.02 Å². The Morgan fingerprint density at radius 1 is 1.32 bits per heavy atom. The van der Waals surface area contributed by atoms with Gasteiger partial charge in [-0.15, -0.1) is 0 Å². The summed E-state index contributed by atoms with van der Waals surface area (Å²) < 4.78 is 5.19. The first-order valence-corrected chi connectivity index (χ1v) is 9.45. The van der Waals surface area contributed by atoms with Crippen molar-refractivity contribution in [1.82, 2.24) is 4.90 Å². The van der Waals surface area contributed by atoms with Crippen molar-refractivity contribution in [3.05, 3.63) is 53.6 Å². The summed E-state index contributed by atoms with van der Waals surface area (Å²) in [6.45, 7) is 2.97. The summed E-state index contributed by atoms with van der Waals surface area (Å²) >= 11 is 13.3. The number of nitrogens with one attached hydrogen (secondary N) is 1. The molecule has 0 spiro atoms. The van der Waals surface area contributed by atoms with Gasteiger partial charge in [0.05, 0.1) is 12.8 Å². The number of thiocarbonyl (C=S) groups is 1. The lowest BCUT2D eigenvalue weighted by Gasteiger charge is -2.20. The smallest absolute Gasteiger partial charge is 0.179 e. The molecule has 0 bridgehead atoms. The fraction of sp³-hybridized carbons (Fsp3) is 0.222. The maximum Gasteiger partial charge on any atom is 0.179 e. The van der Waals surface area contributed by atoms with Gasteiger partial charge in [-0.25, -0.2) is 4.99 Å². The Bertz CT molecular complexity index is 795. The molecule has 7 heteroatoms. The van der Waals surface area contributed by atoms with Crippen molar-refractivity contribution in [2.75, 3.05) is 19.0 Å². The molecule has 1 saturated heterocycles. The molecule has 4 nitrogen and oxygen atoms in total. The van der Waals surface area contributed by atoms with E-state index in [9.17, 15) is 0 Å². The molecule has 3 rings (SSSR count). The van der Waals surface area contributed by atoms with Crippen LogP contribution in [0, 0.1) is 0 Å². The largest absolute Gasteiger partial charge is 0.497 e. The third kappa shape index (κ3) is 4.66. The van der Waals surface area contributed by atoms with Crippen molar-refractivity contribution >= 4 is 57.2 Å². The number of rotatable bonds is 3. The van der Waals surface area contributed by atoms with Crippen molar-refractivity contribution in [3.63, 3.8) is 0 Å². The highest BCUT2D eigenvalue weighted by atomic mass is 35.5. The average Bonchev–Trinajstić information content (AvgIpc) is 2.96. The van der Waals surface area contributed by atoms with Crippen LogP contribution in [0.15, 0.2) is 53.5 Å². The summed E-state index contributed by atoms with van der Waals surface area (Å²) in [7, 11) is 1.65. The van der Waals surface area contributed by atoms with Gasteiger partial charge in [0.1, 0.15) is 5.75 Å². The van der Waals surface area contributed by atoms with Crippen LogP contribution in [0.4, 0.5) is 11.4 Å². The molecule has 0 saturated carbocycles. The molecule has 1 heterocycles. The van der Waals surface area contributed by atoms with Crippen molar-refractivity contribution in [2.24, 2.45) is 4.99 Å². The zero-order valence-electron chi connectivity index (χ0n) is 13.9. The molecule has 2 aromatic carbocycles. The minimum absolute atomic E-state index is 0.413. The van der Waals surface area contributed by atoms with E-state index in [0.717, 1.165) is 28.8 Å². The van der Waals surface area contributed by atoms with E-state index in [-0.39, 0.29) is 0 Å². The maximum absolute atomic E-state index is 6.04. The topological polar surface area (TPSA) is 36.9 Å². The van der Waals surface area contributed by atoms with Crippen LogP contribution in [0.25, 0.3) is 0 Å². The summed E-state index contributed by atoms with van der Waals surface area (Å²) in [4.78, 5) is 6.77. The van der Waals surface area contributed by atoms with Crippen molar-refractivity contribution < 1.29 is 4.74 Å². The van der Waals surface area contributed by atoms with E-state index >= 15 is 0 Å². The minimum atomic E-state index is 0.413. The number of hydrogen-bond acceptors (Lipinski definition) is 4. The molecule has 1 N–H and O–H groups in total. The van der Waals surface area contributed by atoms with Gasteiger partial charge in [0.2, 0.25) is 0 Å². The van der Waals surface area contributed by atoms with Gasteiger partial charge in [-0.05, 0) is 54.7 Å². The predicted octanol–water partition coefficient (Wildman–Crippen LogP) is 5.17. The van der Waals surface area contributed by atoms with Crippen LogP contribution in [0.5, 0.6) is 5.75 Å². The van der Waals surface area contributed by atoms with E-state index in [1.807, 2.05) is 53.4 Å². The van der Waals surface area contributed by atoms with E-state index in [4.69, 9.17) is 33.5 Å². The highest BCUT2D eigenvalue weighted by molar-refractivity contribution is 8.14. The van der Waals surface area contributed by atoms with Crippen LogP contribution >= 0.6 is 35.6 Å². The Kier molecular flexibility index (Phi) is 5.83. The summed E-state index contributed by atoms with van der Waals surface area (Å²) in [5.74, 6) is 0.811. The number of ether oxygens (including phenoxy) is 1. The monoisotopic (exact) mass is 391 g/mol. The molecule has 1 unspecified atom stereocenters. The van der Waals surface area contributed by atoms with Crippen LogP contribution in [0.1, 0.15) is 6.92 Å². The number of anilines is 1. The second-order valence-corrected chi connectivity index (χ2v) is 7.80. The Balaban J connectivity index is 1.78. The Morgan fingerprint density at radius 2 is 2.08 bits per heavy atom. The van der Waals surface area contributed by atoms with E-state index in [1.54, 1.807) is 18.9 Å². The fourth-order valence-corrected chi connectivity index (χ4v) is 3.96. The highest BCUT2D eigenvalue weighted by Crippen LogP contribution is 2.29. The number of hydrogen-bond donors (Lipinski definition) is 1. The zero-order valence-corrected chi connectivity index (χ0v) is 16.3. The lowest BCUT2D eigenvalue weighted by molar-refractivity contribution is 0.415. The maximum atomic E-state index is 6.04. The lowest BCUT2D eigenvalue weighted by Crippen LogP contribution is -2.36. The molecule has 1 atom stereocenters. The molecule has 130 valence electrons. The Morgan fingerprint density at radius 3 is 2.76 bits per heavy atom. The van der Waals surface area contributed by atoms with Gasteiger partial charge in [0, 0.05) is 22.5 Å². The van der Waals surface area contributed by atoms with Crippen molar-refractivity contribution in [2.45, 2.75) is 12.2 Å². The number of thioether (sulfide) groups is 1. The third-order valence-corrected chi connectivity index (χ3v) is 5.23. The highest BCUT2D eigenvalue weighted by Gasteiger charge is 2.28. The second-order valence-electron chi connectivity index (χ2n) is 5.57. The third-order valence-electron chi connectivity index (χ3n) is 3.60. The van der Waals surface area contributed by atoms with E-state index < -0.39 is 0 Å². The standard InChI is InChI=1S/C18H18ClN3OS2/c1-12-11-22(17(24)20-15-5-3-4-13(19)10-15)18(25-12)21-14-6-8-16(23-2)9-7-14/h3-10,12H,11H2,1-2H3,(H,20,24). The summed E-state index contributed by atoms with van der Waals surface area (Å²) in [6, 6.07) is 15.2. The van der Waals surface area contributed by atoms with E-state index in [1.165, 1.54) is 0 Å². The quantitative estimate of drug-likeness (QED) is 0.730. The number of aliphatic imine (C=N–C) groups is 1. The van der Waals surface area contributed by atoms with Crippen LogP contribution in [-0.4, -0.2) is 34.1 Å². The summed E-state index contributed by atoms with van der Waals surface area (Å²) in [5, 5.41) is 5.82. The molecule has 25 heavy (non-hydrogen) atoms. The first kappa shape index (κ1) is 18.0. The van der Waals surface area contributed by atoms with E-state index in [2.05, 4.69) is 12.2 Å². The van der Waals surface area contributed by atoms with Gasteiger partial charge in [0.15, 0.2) is 10.3 Å². The number of benzene rings is 2. The van der Waals surface area contributed by atoms with Gasteiger partial charge in [0.25, 0.3) is 0 Å². The molecule has 0 radical (unpaired) electrons. The van der Waals surface area contributed by atoms with Gasteiger partial charge >= 0.3 is 0 Å². The summed E-state index contributed by atoms with van der Waals surface area (Å²) in [6.07, 6.45) is 0. The summed E-state index contributed by atoms with van der Waals surface area (Å²) in [5.41, 5.74) is 1.74. The second kappa shape index (κ2) is 8.08. The molecule has 1 aliphatic heterocycles. The van der Waals surface area contributed by atoms with Crippen molar-refractivity contribution in [3.8, 4) is 5.75 Å². The van der Waals surface area contributed by atoms with Gasteiger partial charge < -0.3 is 10.1 Å². The first-order chi connectivity index (χ1) is 12.0. The Labute approximate surface area is 162 Å².